The average molecular weight is 245 g/mol. The third kappa shape index (κ3) is 1.28. The lowest BCUT2D eigenvalue weighted by atomic mass is 9.48. The number of hydrogen-bond donors (Lipinski definition) is 1. The molecule has 5 rings (SSSR count). The molecule has 0 unspecified atom stereocenters. The maximum absolute atomic E-state index is 6.33. The van der Waals surface area contributed by atoms with Crippen molar-refractivity contribution in [2.24, 2.45) is 24.8 Å². The fraction of sp³-hybridized carbons (Fsp3) is 0.800. The molecule has 0 aromatic carbocycles. The van der Waals surface area contributed by atoms with E-state index in [0.29, 0.717) is 5.41 Å². The summed E-state index contributed by atoms with van der Waals surface area (Å²) < 4.78 is 1.88. The quantitative estimate of drug-likeness (QED) is 0.826. The fourth-order valence-electron chi connectivity index (χ4n) is 5.75. The Morgan fingerprint density at radius 2 is 1.61 bits per heavy atom. The van der Waals surface area contributed by atoms with Crippen LogP contribution in [-0.4, -0.2) is 9.78 Å². The molecule has 0 aliphatic heterocycles. The molecule has 0 amide bonds. The summed E-state index contributed by atoms with van der Waals surface area (Å²) in [4.78, 5) is 0. The van der Waals surface area contributed by atoms with Crippen molar-refractivity contribution in [1.29, 1.82) is 0 Å². The van der Waals surface area contributed by atoms with Crippen molar-refractivity contribution in [3.05, 3.63) is 11.3 Å². The van der Waals surface area contributed by atoms with Crippen LogP contribution in [0.15, 0.2) is 0 Å². The number of aryl methyl sites for hydroxylation is 2. The van der Waals surface area contributed by atoms with Crippen molar-refractivity contribution >= 4 is 5.82 Å². The van der Waals surface area contributed by atoms with E-state index in [1.54, 1.807) is 0 Å². The predicted octanol–water partition coefficient (Wildman–Crippen LogP) is 2.78. The first-order valence-electron chi connectivity index (χ1n) is 7.37. The minimum atomic E-state index is 0.386. The van der Waals surface area contributed by atoms with Crippen molar-refractivity contribution < 1.29 is 0 Å². The van der Waals surface area contributed by atoms with E-state index >= 15 is 0 Å². The Morgan fingerprint density at radius 3 is 2.00 bits per heavy atom. The Hall–Kier alpha value is -0.990. The molecule has 0 radical (unpaired) electrons. The van der Waals surface area contributed by atoms with Gasteiger partial charge in [-0.1, -0.05) is 0 Å². The van der Waals surface area contributed by atoms with Crippen molar-refractivity contribution in [2.45, 2.75) is 50.9 Å². The van der Waals surface area contributed by atoms with E-state index in [0.717, 1.165) is 23.6 Å². The van der Waals surface area contributed by atoms with Gasteiger partial charge in [-0.05, 0) is 63.2 Å². The molecule has 4 aliphatic rings. The first-order valence-corrected chi connectivity index (χ1v) is 7.37. The highest BCUT2D eigenvalue weighted by Crippen LogP contribution is 2.61. The summed E-state index contributed by atoms with van der Waals surface area (Å²) in [6.45, 7) is 2.14. The zero-order valence-electron chi connectivity index (χ0n) is 11.4. The number of aromatic nitrogens is 2. The molecular formula is C15H23N3. The molecule has 3 heteroatoms. The van der Waals surface area contributed by atoms with Crippen molar-refractivity contribution in [3.8, 4) is 0 Å². The number of nitrogens with zero attached hydrogens (tertiary/aromatic N) is 2. The van der Waals surface area contributed by atoms with Crippen LogP contribution in [0.1, 0.15) is 49.8 Å². The monoisotopic (exact) mass is 245 g/mol. The normalized spacial score (nSPS) is 41.6. The van der Waals surface area contributed by atoms with Crippen LogP contribution in [0.4, 0.5) is 5.82 Å². The largest absolute Gasteiger partial charge is 0.384 e. The van der Waals surface area contributed by atoms with Gasteiger partial charge in [0.2, 0.25) is 0 Å². The minimum absolute atomic E-state index is 0.386. The number of nitrogens with two attached hydrogens (primary N) is 1. The molecular weight excluding hydrogens is 222 g/mol. The van der Waals surface area contributed by atoms with Crippen LogP contribution < -0.4 is 5.73 Å². The molecule has 1 aromatic heterocycles. The first kappa shape index (κ1) is 10.9. The average Bonchev–Trinajstić information content (AvgIpc) is 2.51. The van der Waals surface area contributed by atoms with Crippen LogP contribution in [0.2, 0.25) is 0 Å². The van der Waals surface area contributed by atoms with Crippen LogP contribution in [-0.2, 0) is 12.5 Å². The van der Waals surface area contributed by atoms with Gasteiger partial charge in [-0.25, -0.2) is 0 Å². The second kappa shape index (κ2) is 3.31. The number of nitrogen functional groups attached to an aromatic ring is 1. The zero-order chi connectivity index (χ0) is 12.5. The molecule has 3 nitrogen and oxygen atoms in total. The van der Waals surface area contributed by atoms with E-state index < -0.39 is 0 Å². The molecule has 1 aromatic rings. The Bertz CT molecular complexity index is 465. The molecule has 1 heterocycles. The second-order valence-corrected chi connectivity index (χ2v) is 7.17. The van der Waals surface area contributed by atoms with Gasteiger partial charge in [0.1, 0.15) is 5.82 Å². The number of hydrogen-bond acceptors (Lipinski definition) is 2. The molecule has 4 fully saturated rings. The van der Waals surface area contributed by atoms with E-state index in [9.17, 15) is 0 Å². The summed E-state index contributed by atoms with van der Waals surface area (Å²) in [7, 11) is 1.98. The van der Waals surface area contributed by atoms with Gasteiger partial charge in [0.05, 0.1) is 5.69 Å². The van der Waals surface area contributed by atoms with Gasteiger partial charge in [0, 0.05) is 18.0 Å². The van der Waals surface area contributed by atoms with Gasteiger partial charge < -0.3 is 5.73 Å². The highest BCUT2D eigenvalue weighted by molar-refractivity contribution is 5.49. The summed E-state index contributed by atoms with van der Waals surface area (Å²) in [6, 6.07) is 0. The van der Waals surface area contributed by atoms with E-state index in [-0.39, 0.29) is 0 Å². The molecule has 4 bridgehead atoms. The highest BCUT2D eigenvalue weighted by atomic mass is 15.3. The van der Waals surface area contributed by atoms with Crippen LogP contribution in [0.5, 0.6) is 0 Å². The standard InChI is InChI=1S/C15H23N3/c1-9-13(14(16)18(2)17-9)15-6-10-3-11(7-15)5-12(4-10)8-15/h10-12H,3-8,16H2,1-2H3. The van der Waals surface area contributed by atoms with Crippen molar-refractivity contribution in [1.82, 2.24) is 9.78 Å². The summed E-state index contributed by atoms with van der Waals surface area (Å²) in [5, 5.41) is 4.56. The van der Waals surface area contributed by atoms with Crippen molar-refractivity contribution in [3.63, 3.8) is 0 Å². The van der Waals surface area contributed by atoms with Crippen molar-refractivity contribution in [2.75, 3.05) is 5.73 Å². The summed E-state index contributed by atoms with van der Waals surface area (Å²) in [5.74, 6) is 3.83. The van der Waals surface area contributed by atoms with Gasteiger partial charge >= 0.3 is 0 Å². The van der Waals surface area contributed by atoms with Crippen LogP contribution in [0.3, 0.4) is 0 Å². The highest BCUT2D eigenvalue weighted by Gasteiger charge is 2.53. The van der Waals surface area contributed by atoms with Crippen LogP contribution >= 0.6 is 0 Å². The molecule has 4 aliphatic carbocycles. The smallest absolute Gasteiger partial charge is 0.125 e. The SMILES string of the molecule is Cc1nn(C)c(N)c1C12CC3CC(CC(C3)C1)C2. The van der Waals surface area contributed by atoms with E-state index in [2.05, 4.69) is 12.0 Å². The van der Waals surface area contributed by atoms with Crippen LogP contribution in [0.25, 0.3) is 0 Å². The molecule has 2 N–H and O–H groups in total. The lowest BCUT2D eigenvalue weighted by molar-refractivity contribution is -0.00512. The lowest BCUT2D eigenvalue weighted by Gasteiger charge is -2.57. The van der Waals surface area contributed by atoms with Crippen LogP contribution in [0, 0.1) is 24.7 Å². The number of rotatable bonds is 1. The zero-order valence-corrected chi connectivity index (χ0v) is 11.4. The predicted molar refractivity (Wildman–Crippen MR) is 72.2 cm³/mol. The third-order valence-corrected chi connectivity index (χ3v) is 5.84. The van der Waals surface area contributed by atoms with E-state index in [4.69, 9.17) is 5.73 Å². The van der Waals surface area contributed by atoms with Gasteiger partial charge in [-0.3, -0.25) is 4.68 Å². The molecule has 0 saturated heterocycles. The van der Waals surface area contributed by atoms with Gasteiger partial charge in [0.25, 0.3) is 0 Å². The van der Waals surface area contributed by atoms with Gasteiger partial charge in [-0.2, -0.15) is 5.10 Å². The topological polar surface area (TPSA) is 43.8 Å². The van der Waals surface area contributed by atoms with E-state index in [1.165, 1.54) is 49.8 Å². The first-order chi connectivity index (χ1) is 8.57. The summed E-state index contributed by atoms with van der Waals surface area (Å²) in [5.41, 5.74) is 9.30. The second-order valence-electron chi connectivity index (χ2n) is 7.17. The third-order valence-electron chi connectivity index (χ3n) is 5.84. The Kier molecular flexibility index (Phi) is 2.00. The molecule has 0 atom stereocenters. The van der Waals surface area contributed by atoms with Gasteiger partial charge in [0.15, 0.2) is 0 Å². The van der Waals surface area contributed by atoms with Gasteiger partial charge in [-0.15, -0.1) is 0 Å². The maximum Gasteiger partial charge on any atom is 0.125 e. The fourth-order valence-corrected chi connectivity index (χ4v) is 5.75. The Morgan fingerprint density at radius 1 is 1.11 bits per heavy atom. The lowest BCUT2D eigenvalue weighted by Crippen LogP contribution is -2.49. The molecule has 98 valence electrons. The van der Waals surface area contributed by atoms with E-state index in [1.807, 2.05) is 11.7 Å². The number of anilines is 1. The molecule has 18 heavy (non-hydrogen) atoms. The molecule has 0 spiro atoms. The maximum atomic E-state index is 6.33. The Balaban J connectivity index is 1.84. The Labute approximate surface area is 109 Å². The molecule has 4 saturated carbocycles. The summed E-state index contributed by atoms with van der Waals surface area (Å²) in [6.07, 6.45) is 8.57. The minimum Gasteiger partial charge on any atom is -0.384 e. The summed E-state index contributed by atoms with van der Waals surface area (Å²) >= 11 is 0.